The normalized spacial score (nSPS) is 15.7. The number of rotatable bonds is 13. The molecule has 294 valence electrons. The van der Waals surface area contributed by atoms with E-state index in [-0.39, 0.29) is 18.5 Å². The lowest BCUT2D eigenvalue weighted by Crippen LogP contribution is -2.43. The maximum Gasteiger partial charge on any atom is 0.251 e. The van der Waals surface area contributed by atoms with Gasteiger partial charge in [-0.1, -0.05) is 42.8 Å². The molecule has 56 heavy (non-hydrogen) atoms. The first-order chi connectivity index (χ1) is 27.1. The fourth-order valence-electron chi connectivity index (χ4n) is 8.00. The lowest BCUT2D eigenvalue weighted by Gasteiger charge is -2.32. The molecular weight excluding hydrogens is 724 g/mol. The number of carbonyl (C=O) groups is 2. The van der Waals surface area contributed by atoms with Gasteiger partial charge in [-0.25, -0.2) is 9.67 Å². The molecule has 2 aliphatic heterocycles. The zero-order chi connectivity index (χ0) is 39.3. The van der Waals surface area contributed by atoms with E-state index in [0.29, 0.717) is 54.3 Å². The molecule has 0 saturated carbocycles. The molecule has 0 bridgehead atoms. The van der Waals surface area contributed by atoms with E-state index >= 15 is 0 Å². The summed E-state index contributed by atoms with van der Waals surface area (Å²) in [6, 6.07) is 18.2. The average Bonchev–Trinajstić information content (AvgIpc) is 3.62. The van der Waals surface area contributed by atoms with Crippen molar-refractivity contribution < 1.29 is 14.3 Å². The van der Waals surface area contributed by atoms with Crippen LogP contribution >= 0.6 is 11.6 Å². The summed E-state index contributed by atoms with van der Waals surface area (Å²) in [7, 11) is 2.17. The molecule has 0 spiro atoms. The molecule has 0 atom stereocenters. The zero-order valence-electron chi connectivity index (χ0n) is 33.0. The number of pyridine rings is 1. The van der Waals surface area contributed by atoms with Crippen LogP contribution < -0.4 is 16.4 Å². The number of piperazine rings is 1. The van der Waals surface area contributed by atoms with Crippen molar-refractivity contribution in [3.63, 3.8) is 0 Å². The summed E-state index contributed by atoms with van der Waals surface area (Å²) in [4.78, 5) is 37.2. The number of hydrogen-bond acceptors (Lipinski definition) is 8. The number of benzene rings is 3. The largest absolute Gasteiger partial charge is 0.381 e. The fraction of sp³-hybridized carbons (Fsp3) is 0.409. The minimum Gasteiger partial charge on any atom is -0.381 e. The number of primary amides is 1. The van der Waals surface area contributed by atoms with Gasteiger partial charge in [-0.3, -0.25) is 14.5 Å². The minimum atomic E-state index is -0.581. The number of hydrogen-bond donors (Lipinski definition) is 3. The maximum atomic E-state index is 14.4. The van der Waals surface area contributed by atoms with Crippen molar-refractivity contribution in [2.24, 2.45) is 5.73 Å². The Bertz CT molecular complexity index is 2220. The second-order valence-corrected chi connectivity index (χ2v) is 15.6. The molecular formula is C44H53ClN8O3. The van der Waals surface area contributed by atoms with Gasteiger partial charge in [0.1, 0.15) is 0 Å². The molecule has 2 saturated heterocycles. The third-order valence-corrected chi connectivity index (χ3v) is 11.5. The second-order valence-electron chi connectivity index (χ2n) is 15.2. The number of nitrogens with zero attached hydrogens (tertiary/aromatic N) is 5. The molecule has 12 heteroatoms. The Hall–Kier alpha value is -4.81. The first kappa shape index (κ1) is 39.4. The number of amides is 2. The maximum absolute atomic E-state index is 14.4. The summed E-state index contributed by atoms with van der Waals surface area (Å²) in [5, 5.41) is 13.2. The van der Waals surface area contributed by atoms with Crippen molar-refractivity contribution in [2.45, 2.75) is 72.1 Å². The van der Waals surface area contributed by atoms with Gasteiger partial charge >= 0.3 is 0 Å². The molecule has 0 unspecified atom stereocenters. The standard InChI is InChI=1S/C44H53ClN8O3/c1-5-40-37(41(49-32-12-18-56-19-13-32)38-26-48-53(6-2)43(38)50-40)25-47-44(55)36-21-28(3)20-35(42(46)54)34(36)24-29-10-11-39(45)33(23-29)31-9-7-8-30(22-31)27-52-16-14-51(4)15-17-52/h7-11,20-23,26,32H,5-6,12-19,24-25,27H2,1-4H3,(H2,46,54)(H,47,55)(H,49,50). The zero-order valence-corrected chi connectivity index (χ0v) is 33.7. The first-order valence-electron chi connectivity index (χ1n) is 19.8. The van der Waals surface area contributed by atoms with Gasteiger partial charge in [-0.2, -0.15) is 5.10 Å². The van der Waals surface area contributed by atoms with Crippen LogP contribution in [0.25, 0.3) is 22.2 Å². The smallest absolute Gasteiger partial charge is 0.251 e. The van der Waals surface area contributed by atoms with E-state index in [4.69, 9.17) is 27.1 Å². The van der Waals surface area contributed by atoms with E-state index < -0.39 is 5.91 Å². The highest BCUT2D eigenvalue weighted by Crippen LogP contribution is 2.33. The number of halogens is 1. The summed E-state index contributed by atoms with van der Waals surface area (Å²) in [6.07, 6.45) is 4.62. The summed E-state index contributed by atoms with van der Waals surface area (Å²) in [6.45, 7) is 13.4. The van der Waals surface area contributed by atoms with Gasteiger partial charge < -0.3 is 26.0 Å². The number of fused-ring (bicyclic) bond motifs is 1. The highest BCUT2D eigenvalue weighted by molar-refractivity contribution is 6.33. The molecule has 7 rings (SSSR count). The third kappa shape index (κ3) is 8.76. The predicted octanol–water partition coefficient (Wildman–Crippen LogP) is 6.60. The van der Waals surface area contributed by atoms with Crippen LogP contribution in [0.3, 0.4) is 0 Å². The summed E-state index contributed by atoms with van der Waals surface area (Å²) >= 11 is 6.85. The Morgan fingerprint density at radius 3 is 2.46 bits per heavy atom. The molecule has 4 N–H and O–H groups in total. The number of likely N-dealkylation sites (N-methyl/N-ethyl adjacent to an activating group) is 1. The molecule has 0 radical (unpaired) electrons. The summed E-state index contributed by atoms with van der Waals surface area (Å²) < 4.78 is 7.55. The van der Waals surface area contributed by atoms with Gasteiger partial charge in [-0.15, -0.1) is 0 Å². The van der Waals surface area contributed by atoms with Crippen molar-refractivity contribution in [2.75, 3.05) is 51.8 Å². The van der Waals surface area contributed by atoms with Gasteiger partial charge in [0, 0.05) is 98.0 Å². The van der Waals surface area contributed by atoms with E-state index in [1.165, 1.54) is 5.56 Å². The van der Waals surface area contributed by atoms with Gasteiger partial charge in [-0.05, 0) is 105 Å². The van der Waals surface area contributed by atoms with Gasteiger partial charge in [0.15, 0.2) is 5.65 Å². The molecule has 2 aromatic heterocycles. The Morgan fingerprint density at radius 2 is 1.73 bits per heavy atom. The number of nitrogens with two attached hydrogens (primary N) is 1. The number of anilines is 1. The molecule has 3 aromatic carbocycles. The Balaban J connectivity index is 1.18. The Kier molecular flexibility index (Phi) is 12.4. The fourth-order valence-corrected chi connectivity index (χ4v) is 8.23. The van der Waals surface area contributed by atoms with Crippen LogP contribution in [0.4, 0.5) is 5.69 Å². The first-order valence-corrected chi connectivity index (χ1v) is 20.2. The second kappa shape index (κ2) is 17.5. The molecule has 5 aromatic rings. The minimum absolute atomic E-state index is 0.226. The van der Waals surface area contributed by atoms with Crippen LogP contribution in [-0.4, -0.2) is 88.9 Å². The number of carbonyl (C=O) groups excluding carboxylic acids is 2. The summed E-state index contributed by atoms with van der Waals surface area (Å²) in [5.74, 6) is -0.872. The predicted molar refractivity (Wildman–Crippen MR) is 223 cm³/mol. The molecule has 2 fully saturated rings. The molecule has 4 heterocycles. The van der Waals surface area contributed by atoms with Crippen LogP contribution in [0.5, 0.6) is 0 Å². The topological polar surface area (TPSA) is 131 Å². The van der Waals surface area contributed by atoms with Crippen molar-refractivity contribution >= 4 is 40.1 Å². The van der Waals surface area contributed by atoms with Gasteiger partial charge in [0.05, 0.1) is 17.3 Å². The lowest BCUT2D eigenvalue weighted by molar-refractivity contribution is 0.0904. The molecule has 0 aliphatic carbocycles. The quantitative estimate of drug-likeness (QED) is 0.122. The van der Waals surface area contributed by atoms with Crippen molar-refractivity contribution in [1.29, 1.82) is 0 Å². The molecule has 11 nitrogen and oxygen atoms in total. The average molecular weight is 777 g/mol. The summed E-state index contributed by atoms with van der Waals surface area (Å²) in [5.41, 5.74) is 15.7. The number of aryl methyl sites for hydroxylation is 3. The number of ether oxygens (including phenoxy) is 1. The van der Waals surface area contributed by atoms with Gasteiger partial charge in [0.25, 0.3) is 5.91 Å². The lowest BCUT2D eigenvalue weighted by atomic mass is 9.90. The van der Waals surface area contributed by atoms with Crippen molar-refractivity contribution in [3.8, 4) is 11.1 Å². The van der Waals surface area contributed by atoms with E-state index in [2.05, 4.69) is 76.8 Å². The molecule has 2 aliphatic rings. The molecule has 2 amide bonds. The van der Waals surface area contributed by atoms with Crippen molar-refractivity contribution in [3.05, 3.63) is 110 Å². The SMILES string of the molecule is CCc1nc2c(cnn2CC)c(NC2CCOCC2)c1CNC(=O)c1cc(C)cc(C(N)=O)c1Cc1ccc(Cl)c(-c2cccc(CN3CCN(C)CC3)c2)c1. The van der Waals surface area contributed by atoms with Crippen LogP contribution in [0.2, 0.25) is 5.02 Å². The Morgan fingerprint density at radius 1 is 0.964 bits per heavy atom. The highest BCUT2D eigenvalue weighted by atomic mass is 35.5. The number of aromatic nitrogens is 3. The highest BCUT2D eigenvalue weighted by Gasteiger charge is 2.24. The van der Waals surface area contributed by atoms with E-state index in [1.807, 2.05) is 36.0 Å². The third-order valence-electron chi connectivity index (χ3n) is 11.2. The van der Waals surface area contributed by atoms with Crippen LogP contribution in [0, 0.1) is 6.92 Å². The van der Waals surface area contributed by atoms with E-state index in [0.717, 1.165) is 95.8 Å². The van der Waals surface area contributed by atoms with Crippen molar-refractivity contribution in [1.82, 2.24) is 29.9 Å². The van der Waals surface area contributed by atoms with E-state index in [1.54, 1.807) is 6.07 Å². The van der Waals surface area contributed by atoms with Crippen LogP contribution in [0.15, 0.2) is 60.8 Å². The Labute approximate surface area is 334 Å². The van der Waals surface area contributed by atoms with Crippen LogP contribution in [-0.2, 0) is 37.2 Å². The van der Waals surface area contributed by atoms with Gasteiger partial charge in [0.2, 0.25) is 5.91 Å². The van der Waals surface area contributed by atoms with E-state index in [9.17, 15) is 9.59 Å². The monoisotopic (exact) mass is 776 g/mol. The number of nitrogens with one attached hydrogen (secondary N) is 2. The van der Waals surface area contributed by atoms with Crippen LogP contribution in [0.1, 0.15) is 80.9 Å².